The molecule has 0 atom stereocenters. The van der Waals surface area contributed by atoms with Crippen LogP contribution in [0.2, 0.25) is 0 Å². The largest absolute Gasteiger partial charge is 0.398 e. The fraction of sp³-hybridized carbons (Fsp3) is 0.533. The lowest BCUT2D eigenvalue weighted by atomic mass is 10.0. The first-order chi connectivity index (χ1) is 8.77. The zero-order valence-electron chi connectivity index (χ0n) is 11.2. The molecule has 0 radical (unpaired) electrons. The molecule has 19 heavy (non-hydrogen) atoms. The summed E-state index contributed by atoms with van der Waals surface area (Å²) in [7, 11) is 0. The molecule has 4 heteroatoms. The Hall–Kier alpha value is -1.22. The number of rotatable bonds is 5. The number of hydrogen-bond donors (Lipinski definition) is 2. The molecule has 3 N–H and O–H groups in total. The first kappa shape index (κ1) is 15.8. The maximum Gasteiger partial charge on any atom is 0.253 e. The Morgan fingerprint density at radius 2 is 1.95 bits per heavy atom. The van der Waals surface area contributed by atoms with Crippen molar-refractivity contribution < 1.29 is 4.79 Å². The van der Waals surface area contributed by atoms with Crippen LogP contribution in [0.4, 0.5) is 5.69 Å². The summed E-state index contributed by atoms with van der Waals surface area (Å²) in [6, 6.07) is 7.20. The predicted molar refractivity (Wildman–Crippen MR) is 81.6 cm³/mol. The Morgan fingerprint density at radius 3 is 2.63 bits per heavy atom. The van der Waals surface area contributed by atoms with Crippen molar-refractivity contribution in [1.82, 2.24) is 5.32 Å². The minimum absolute atomic E-state index is 0. The second-order valence-corrected chi connectivity index (χ2v) is 5.14. The SMILES string of the molecule is Cl.Nc1ccccc1C(=O)NCCCC1CCCC1. The van der Waals surface area contributed by atoms with Crippen molar-refractivity contribution in [3.8, 4) is 0 Å². The third-order valence-electron chi connectivity index (χ3n) is 3.75. The number of para-hydroxylation sites is 1. The summed E-state index contributed by atoms with van der Waals surface area (Å²) < 4.78 is 0. The Labute approximate surface area is 121 Å². The number of amides is 1. The summed E-state index contributed by atoms with van der Waals surface area (Å²) in [6.45, 7) is 0.754. The molecular weight excluding hydrogens is 260 g/mol. The van der Waals surface area contributed by atoms with Gasteiger partial charge in [-0.1, -0.05) is 37.8 Å². The maximum absolute atomic E-state index is 11.9. The van der Waals surface area contributed by atoms with Crippen LogP contribution in [-0.2, 0) is 0 Å². The van der Waals surface area contributed by atoms with E-state index >= 15 is 0 Å². The van der Waals surface area contributed by atoms with Crippen molar-refractivity contribution in [2.75, 3.05) is 12.3 Å². The second-order valence-electron chi connectivity index (χ2n) is 5.14. The van der Waals surface area contributed by atoms with Gasteiger partial charge in [0, 0.05) is 12.2 Å². The molecule has 0 unspecified atom stereocenters. The van der Waals surface area contributed by atoms with E-state index in [9.17, 15) is 4.79 Å². The fourth-order valence-electron chi connectivity index (χ4n) is 2.69. The van der Waals surface area contributed by atoms with Gasteiger partial charge in [-0.2, -0.15) is 0 Å². The van der Waals surface area contributed by atoms with Crippen LogP contribution in [0.3, 0.4) is 0 Å². The minimum Gasteiger partial charge on any atom is -0.398 e. The van der Waals surface area contributed by atoms with E-state index in [0.29, 0.717) is 11.3 Å². The van der Waals surface area contributed by atoms with Crippen LogP contribution >= 0.6 is 12.4 Å². The van der Waals surface area contributed by atoms with Crippen molar-refractivity contribution in [1.29, 1.82) is 0 Å². The monoisotopic (exact) mass is 282 g/mol. The van der Waals surface area contributed by atoms with Crippen LogP contribution in [0.15, 0.2) is 24.3 Å². The number of hydrogen-bond acceptors (Lipinski definition) is 2. The van der Waals surface area contributed by atoms with Gasteiger partial charge in [-0.15, -0.1) is 12.4 Å². The van der Waals surface area contributed by atoms with Gasteiger partial charge < -0.3 is 11.1 Å². The summed E-state index contributed by atoms with van der Waals surface area (Å²) in [5, 5.41) is 2.94. The van der Waals surface area contributed by atoms with Crippen molar-refractivity contribution in [3.05, 3.63) is 29.8 Å². The number of nitrogens with one attached hydrogen (secondary N) is 1. The molecule has 3 nitrogen and oxygen atoms in total. The van der Waals surface area contributed by atoms with E-state index in [-0.39, 0.29) is 18.3 Å². The van der Waals surface area contributed by atoms with Crippen LogP contribution in [0.1, 0.15) is 48.9 Å². The molecule has 1 aliphatic carbocycles. The van der Waals surface area contributed by atoms with Crippen LogP contribution in [-0.4, -0.2) is 12.5 Å². The highest BCUT2D eigenvalue weighted by Gasteiger charge is 2.14. The minimum atomic E-state index is -0.0560. The first-order valence-corrected chi connectivity index (χ1v) is 6.90. The molecule has 1 aromatic rings. The van der Waals surface area contributed by atoms with Crippen molar-refractivity contribution in [3.63, 3.8) is 0 Å². The number of anilines is 1. The molecule has 0 spiro atoms. The van der Waals surface area contributed by atoms with Gasteiger partial charge in [0.25, 0.3) is 5.91 Å². The molecule has 2 rings (SSSR count). The van der Waals surface area contributed by atoms with E-state index in [1.54, 1.807) is 12.1 Å². The van der Waals surface area contributed by atoms with Gasteiger partial charge >= 0.3 is 0 Å². The topological polar surface area (TPSA) is 55.1 Å². The molecule has 1 aliphatic rings. The second kappa shape index (κ2) is 8.05. The van der Waals surface area contributed by atoms with Crippen molar-refractivity contribution in [2.24, 2.45) is 5.92 Å². The maximum atomic E-state index is 11.9. The van der Waals surface area contributed by atoms with Gasteiger partial charge in [-0.05, 0) is 30.9 Å². The zero-order chi connectivity index (χ0) is 12.8. The molecule has 0 heterocycles. The molecule has 1 fully saturated rings. The summed E-state index contributed by atoms with van der Waals surface area (Å²) in [4.78, 5) is 11.9. The van der Waals surface area contributed by atoms with E-state index < -0.39 is 0 Å². The zero-order valence-corrected chi connectivity index (χ0v) is 12.0. The van der Waals surface area contributed by atoms with Crippen molar-refractivity contribution >= 4 is 24.0 Å². The number of nitrogen functional groups attached to an aromatic ring is 1. The highest BCUT2D eigenvalue weighted by atomic mass is 35.5. The Kier molecular flexibility index (Phi) is 6.71. The molecule has 1 saturated carbocycles. The van der Waals surface area contributed by atoms with E-state index in [0.717, 1.165) is 18.9 Å². The molecule has 0 saturated heterocycles. The van der Waals surface area contributed by atoms with E-state index in [1.165, 1.54) is 32.1 Å². The van der Waals surface area contributed by atoms with Gasteiger partial charge in [-0.25, -0.2) is 0 Å². The Balaban J connectivity index is 0.00000180. The quantitative estimate of drug-likeness (QED) is 0.642. The molecular formula is C15H23ClN2O. The van der Waals surface area contributed by atoms with Gasteiger partial charge in [0.2, 0.25) is 0 Å². The number of benzene rings is 1. The smallest absolute Gasteiger partial charge is 0.253 e. The average molecular weight is 283 g/mol. The average Bonchev–Trinajstić information content (AvgIpc) is 2.88. The highest BCUT2D eigenvalue weighted by Crippen LogP contribution is 2.28. The summed E-state index contributed by atoms with van der Waals surface area (Å²) in [5.41, 5.74) is 6.89. The normalized spacial score (nSPS) is 14.9. The van der Waals surface area contributed by atoms with Gasteiger partial charge in [-0.3, -0.25) is 4.79 Å². The third kappa shape index (κ3) is 4.75. The molecule has 0 aromatic heterocycles. The number of nitrogens with two attached hydrogens (primary N) is 1. The summed E-state index contributed by atoms with van der Waals surface area (Å²) in [5.74, 6) is 0.836. The Bertz CT molecular complexity index is 403. The molecule has 1 amide bonds. The van der Waals surface area contributed by atoms with E-state index in [2.05, 4.69) is 5.32 Å². The third-order valence-corrected chi connectivity index (χ3v) is 3.75. The molecule has 106 valence electrons. The van der Waals surface area contributed by atoms with E-state index in [4.69, 9.17) is 5.73 Å². The predicted octanol–water partition coefficient (Wildman–Crippen LogP) is 3.39. The van der Waals surface area contributed by atoms with Crippen LogP contribution in [0, 0.1) is 5.92 Å². The lowest BCUT2D eigenvalue weighted by molar-refractivity contribution is 0.0953. The lowest BCUT2D eigenvalue weighted by Gasteiger charge is -2.10. The van der Waals surface area contributed by atoms with Crippen LogP contribution in [0.5, 0.6) is 0 Å². The first-order valence-electron chi connectivity index (χ1n) is 6.90. The van der Waals surface area contributed by atoms with Crippen molar-refractivity contribution in [2.45, 2.75) is 38.5 Å². The van der Waals surface area contributed by atoms with Crippen LogP contribution < -0.4 is 11.1 Å². The molecule has 0 aliphatic heterocycles. The standard InChI is InChI=1S/C15H22N2O.ClH/c16-14-10-4-3-9-13(14)15(18)17-11-5-8-12-6-1-2-7-12;/h3-4,9-10,12H,1-2,5-8,11,16H2,(H,17,18);1H. The number of carbonyl (C=O) groups is 1. The van der Waals surface area contributed by atoms with Gasteiger partial charge in [0.15, 0.2) is 0 Å². The number of carbonyl (C=O) groups excluding carboxylic acids is 1. The number of halogens is 1. The van der Waals surface area contributed by atoms with Gasteiger partial charge in [0.1, 0.15) is 0 Å². The Morgan fingerprint density at radius 1 is 1.26 bits per heavy atom. The summed E-state index contributed by atoms with van der Waals surface area (Å²) in [6.07, 6.45) is 7.84. The fourth-order valence-corrected chi connectivity index (χ4v) is 2.69. The van der Waals surface area contributed by atoms with Crippen LogP contribution in [0.25, 0.3) is 0 Å². The molecule has 1 aromatic carbocycles. The van der Waals surface area contributed by atoms with Gasteiger partial charge in [0.05, 0.1) is 5.56 Å². The summed E-state index contributed by atoms with van der Waals surface area (Å²) >= 11 is 0. The van der Waals surface area contributed by atoms with E-state index in [1.807, 2.05) is 12.1 Å². The lowest BCUT2D eigenvalue weighted by Crippen LogP contribution is -2.25. The molecule has 0 bridgehead atoms. The highest BCUT2D eigenvalue weighted by molar-refractivity contribution is 5.98.